The number of hydrogen-bond donors (Lipinski definition) is 0. The quantitative estimate of drug-likeness (QED) is 0.431. The molecular weight excluding hydrogens is 204 g/mol. The van der Waals surface area contributed by atoms with Gasteiger partial charge in [0, 0.05) is 0 Å². The van der Waals surface area contributed by atoms with Crippen molar-refractivity contribution in [2.75, 3.05) is 0 Å². The molecule has 0 N–H and O–H groups in total. The summed E-state index contributed by atoms with van der Waals surface area (Å²) < 4.78 is 0. The monoisotopic (exact) mass is 218 g/mol. The Balaban J connectivity index is 2.49. The Morgan fingerprint density at radius 3 is 2.24 bits per heavy atom. The van der Waals surface area contributed by atoms with E-state index in [0.717, 1.165) is 6.42 Å². The second-order valence-electron chi connectivity index (χ2n) is 4.30. The van der Waals surface area contributed by atoms with Crippen LogP contribution in [-0.4, -0.2) is 0 Å². The van der Waals surface area contributed by atoms with E-state index in [1.807, 2.05) is 6.08 Å². The number of allylic oxidation sites excluding steroid dienone is 1. The van der Waals surface area contributed by atoms with Crippen molar-refractivity contribution in [1.82, 2.24) is 0 Å². The lowest BCUT2D eigenvalue weighted by Crippen LogP contribution is -1.86. The summed E-state index contributed by atoms with van der Waals surface area (Å²) in [7, 11) is 0. The molecule has 0 nitrogen and oxygen atoms in total. The minimum absolute atomic E-state index is 0.922. The van der Waals surface area contributed by atoms with Crippen molar-refractivity contribution in [3.63, 3.8) is 0 Å². The Kier molecular flexibility index (Phi) is 2.41. The third-order valence-corrected chi connectivity index (χ3v) is 3.22. The molecule has 0 aliphatic heterocycles. The first-order valence-electron chi connectivity index (χ1n) is 5.90. The van der Waals surface area contributed by atoms with Crippen LogP contribution in [0, 0.1) is 0 Å². The van der Waals surface area contributed by atoms with Crippen LogP contribution in [-0.2, 0) is 6.42 Å². The summed E-state index contributed by atoms with van der Waals surface area (Å²) in [6.07, 6.45) is 2.89. The van der Waals surface area contributed by atoms with E-state index < -0.39 is 0 Å². The maximum atomic E-state index is 3.84. The molecule has 0 heteroatoms. The van der Waals surface area contributed by atoms with Crippen LogP contribution < -0.4 is 0 Å². The van der Waals surface area contributed by atoms with Gasteiger partial charge in [0.1, 0.15) is 0 Å². The average molecular weight is 218 g/mol. The van der Waals surface area contributed by atoms with Crippen molar-refractivity contribution in [3.8, 4) is 0 Å². The highest BCUT2D eigenvalue weighted by atomic mass is 14.1. The molecule has 0 saturated heterocycles. The Morgan fingerprint density at radius 1 is 0.824 bits per heavy atom. The molecule has 0 atom stereocenters. The summed E-state index contributed by atoms with van der Waals surface area (Å²) in [6, 6.07) is 19.4. The normalized spacial score (nSPS) is 10.8. The second kappa shape index (κ2) is 4.06. The largest absolute Gasteiger partial charge is 0.103 e. The standard InChI is InChI=1S/C17H14/c1-2-7-13-12-14-8-3-4-9-16(14)17-11-6-5-10-15(13)17/h2-6,8-12H,1,7H2. The van der Waals surface area contributed by atoms with Crippen LogP contribution in [0.3, 0.4) is 0 Å². The molecule has 0 aliphatic rings. The zero-order valence-electron chi connectivity index (χ0n) is 9.69. The predicted molar refractivity (Wildman–Crippen MR) is 75.4 cm³/mol. The first-order chi connectivity index (χ1) is 8.40. The molecule has 0 bridgehead atoms. The van der Waals surface area contributed by atoms with Gasteiger partial charge in [-0.3, -0.25) is 0 Å². The van der Waals surface area contributed by atoms with E-state index in [1.165, 1.54) is 27.1 Å². The van der Waals surface area contributed by atoms with Gasteiger partial charge in [-0.25, -0.2) is 0 Å². The Bertz CT molecular complexity index is 693. The van der Waals surface area contributed by atoms with Crippen LogP contribution in [0.1, 0.15) is 5.56 Å². The van der Waals surface area contributed by atoms with Crippen LogP contribution in [0.25, 0.3) is 21.5 Å². The molecule has 0 spiro atoms. The highest BCUT2D eigenvalue weighted by molar-refractivity contribution is 6.08. The highest BCUT2D eigenvalue weighted by Crippen LogP contribution is 2.28. The summed E-state index contributed by atoms with van der Waals surface area (Å²) in [5, 5.41) is 5.31. The third-order valence-electron chi connectivity index (χ3n) is 3.22. The minimum atomic E-state index is 0.922. The number of benzene rings is 3. The van der Waals surface area contributed by atoms with E-state index in [4.69, 9.17) is 0 Å². The second-order valence-corrected chi connectivity index (χ2v) is 4.30. The minimum Gasteiger partial charge on any atom is -0.103 e. The molecule has 3 rings (SSSR count). The molecule has 3 aromatic carbocycles. The van der Waals surface area contributed by atoms with Gasteiger partial charge in [0.15, 0.2) is 0 Å². The first-order valence-corrected chi connectivity index (χ1v) is 5.90. The Labute approximate surface area is 101 Å². The fraction of sp³-hybridized carbons (Fsp3) is 0.0588. The van der Waals surface area contributed by atoms with Crippen molar-refractivity contribution < 1.29 is 0 Å². The molecule has 0 radical (unpaired) electrons. The molecule has 0 amide bonds. The zero-order chi connectivity index (χ0) is 11.7. The van der Waals surface area contributed by atoms with Gasteiger partial charge in [-0.05, 0) is 33.5 Å². The van der Waals surface area contributed by atoms with Crippen molar-refractivity contribution in [2.45, 2.75) is 6.42 Å². The number of hydrogen-bond acceptors (Lipinski definition) is 0. The Hall–Kier alpha value is -2.08. The molecule has 17 heavy (non-hydrogen) atoms. The van der Waals surface area contributed by atoms with Crippen molar-refractivity contribution in [2.24, 2.45) is 0 Å². The number of fused-ring (bicyclic) bond motifs is 3. The van der Waals surface area contributed by atoms with Crippen LogP contribution in [0.15, 0.2) is 67.3 Å². The Morgan fingerprint density at radius 2 is 1.47 bits per heavy atom. The van der Waals surface area contributed by atoms with E-state index in [0.29, 0.717) is 0 Å². The molecule has 0 aromatic heterocycles. The lowest BCUT2D eigenvalue weighted by molar-refractivity contribution is 1.32. The van der Waals surface area contributed by atoms with Gasteiger partial charge < -0.3 is 0 Å². The topological polar surface area (TPSA) is 0 Å². The van der Waals surface area contributed by atoms with Gasteiger partial charge in [0.2, 0.25) is 0 Å². The van der Waals surface area contributed by atoms with Crippen LogP contribution in [0.4, 0.5) is 0 Å². The number of rotatable bonds is 2. The smallest absolute Gasteiger partial charge is 0.00937 e. The predicted octanol–water partition coefficient (Wildman–Crippen LogP) is 4.72. The van der Waals surface area contributed by atoms with Gasteiger partial charge in [-0.15, -0.1) is 6.58 Å². The molecule has 82 valence electrons. The van der Waals surface area contributed by atoms with E-state index >= 15 is 0 Å². The highest BCUT2D eigenvalue weighted by Gasteiger charge is 2.04. The van der Waals surface area contributed by atoms with Crippen molar-refractivity contribution >= 4 is 21.5 Å². The van der Waals surface area contributed by atoms with Crippen molar-refractivity contribution in [3.05, 3.63) is 72.8 Å². The zero-order valence-corrected chi connectivity index (χ0v) is 9.69. The first kappa shape index (κ1) is 10.1. The maximum absolute atomic E-state index is 3.84. The molecule has 0 saturated carbocycles. The lowest BCUT2D eigenvalue weighted by Gasteiger charge is -2.08. The average Bonchev–Trinajstić information content (AvgIpc) is 2.39. The fourth-order valence-corrected chi connectivity index (χ4v) is 2.46. The molecule has 3 aromatic rings. The van der Waals surface area contributed by atoms with Gasteiger partial charge in [-0.1, -0.05) is 60.7 Å². The van der Waals surface area contributed by atoms with E-state index in [-0.39, 0.29) is 0 Å². The summed E-state index contributed by atoms with van der Waals surface area (Å²) in [5.74, 6) is 0. The molecule has 0 heterocycles. The van der Waals surface area contributed by atoms with Gasteiger partial charge in [-0.2, -0.15) is 0 Å². The SMILES string of the molecule is C=CCc1cc2ccccc2c2ccccc12. The maximum Gasteiger partial charge on any atom is -0.00937 e. The van der Waals surface area contributed by atoms with Crippen LogP contribution in [0.2, 0.25) is 0 Å². The summed E-state index contributed by atoms with van der Waals surface area (Å²) >= 11 is 0. The van der Waals surface area contributed by atoms with Crippen LogP contribution in [0.5, 0.6) is 0 Å². The summed E-state index contributed by atoms with van der Waals surface area (Å²) in [4.78, 5) is 0. The summed E-state index contributed by atoms with van der Waals surface area (Å²) in [6.45, 7) is 3.84. The lowest BCUT2D eigenvalue weighted by atomic mass is 9.96. The van der Waals surface area contributed by atoms with Gasteiger partial charge in [0.05, 0.1) is 0 Å². The van der Waals surface area contributed by atoms with Gasteiger partial charge >= 0.3 is 0 Å². The fourth-order valence-electron chi connectivity index (χ4n) is 2.46. The van der Waals surface area contributed by atoms with Gasteiger partial charge in [0.25, 0.3) is 0 Å². The molecular formula is C17H14. The molecule has 0 aliphatic carbocycles. The third kappa shape index (κ3) is 1.62. The van der Waals surface area contributed by atoms with E-state index in [9.17, 15) is 0 Å². The van der Waals surface area contributed by atoms with Crippen molar-refractivity contribution in [1.29, 1.82) is 0 Å². The van der Waals surface area contributed by atoms with E-state index in [2.05, 4.69) is 61.2 Å². The molecule has 0 unspecified atom stereocenters. The van der Waals surface area contributed by atoms with E-state index in [1.54, 1.807) is 0 Å². The van der Waals surface area contributed by atoms with Crippen LogP contribution >= 0.6 is 0 Å². The molecule has 0 fully saturated rings. The summed E-state index contributed by atoms with van der Waals surface area (Å²) in [5.41, 5.74) is 1.36.